The summed E-state index contributed by atoms with van der Waals surface area (Å²) in [6.07, 6.45) is 3.49. The summed E-state index contributed by atoms with van der Waals surface area (Å²) >= 11 is 5.95. The Balaban J connectivity index is 0.00000300. The Hall–Kier alpha value is -1.06. The number of amides is 1. The number of halogens is 2. The zero-order chi connectivity index (χ0) is 20.0. The fourth-order valence-electron chi connectivity index (χ4n) is 3.52. The predicted molar refractivity (Wildman–Crippen MR) is 128 cm³/mol. The van der Waals surface area contributed by atoms with Gasteiger partial charge in [0, 0.05) is 51.5 Å². The highest BCUT2D eigenvalue weighted by Crippen LogP contribution is 2.49. The first-order valence-electron chi connectivity index (χ1n) is 10.1. The summed E-state index contributed by atoms with van der Waals surface area (Å²) in [5, 5.41) is 4.07. The van der Waals surface area contributed by atoms with Crippen LogP contribution >= 0.6 is 35.6 Å². The molecular formula is C21H32ClIN4O2. The number of hydrogen-bond donors (Lipinski definition) is 1. The van der Waals surface area contributed by atoms with E-state index < -0.39 is 0 Å². The molecule has 1 saturated heterocycles. The number of nitrogens with one attached hydrogen (secondary N) is 1. The highest BCUT2D eigenvalue weighted by Gasteiger charge is 2.42. The van der Waals surface area contributed by atoms with Crippen molar-refractivity contribution in [2.45, 2.75) is 32.7 Å². The second kappa shape index (κ2) is 11.4. The number of nitrogens with zero attached hydrogens (tertiary/aromatic N) is 3. The van der Waals surface area contributed by atoms with Crippen LogP contribution in [0.1, 0.15) is 31.7 Å². The van der Waals surface area contributed by atoms with Crippen molar-refractivity contribution in [3.63, 3.8) is 0 Å². The van der Waals surface area contributed by atoms with Gasteiger partial charge in [-0.1, -0.05) is 23.7 Å². The molecule has 0 bridgehead atoms. The van der Waals surface area contributed by atoms with E-state index in [9.17, 15) is 4.79 Å². The Kier molecular flexibility index (Phi) is 9.49. The van der Waals surface area contributed by atoms with Crippen molar-refractivity contribution in [3.8, 4) is 0 Å². The molecule has 1 saturated carbocycles. The zero-order valence-electron chi connectivity index (χ0n) is 17.3. The summed E-state index contributed by atoms with van der Waals surface area (Å²) < 4.78 is 5.24. The maximum absolute atomic E-state index is 12.7. The Morgan fingerprint density at radius 3 is 2.59 bits per heavy atom. The van der Waals surface area contributed by atoms with Crippen molar-refractivity contribution in [1.82, 2.24) is 15.1 Å². The van der Waals surface area contributed by atoms with Gasteiger partial charge in [0.25, 0.3) is 0 Å². The lowest BCUT2D eigenvalue weighted by molar-refractivity contribution is -0.135. The largest absolute Gasteiger partial charge is 0.385 e. The number of ether oxygens (including phenoxy) is 1. The van der Waals surface area contributed by atoms with Crippen LogP contribution in [-0.2, 0) is 16.1 Å². The third kappa shape index (κ3) is 7.00. The highest BCUT2D eigenvalue weighted by atomic mass is 127. The third-order valence-electron chi connectivity index (χ3n) is 5.60. The normalized spacial score (nSPS) is 18.4. The van der Waals surface area contributed by atoms with Gasteiger partial charge in [-0.15, -0.1) is 24.0 Å². The molecule has 0 atom stereocenters. The average Bonchev–Trinajstić information content (AvgIpc) is 3.47. The van der Waals surface area contributed by atoms with Gasteiger partial charge in [0.1, 0.15) is 0 Å². The van der Waals surface area contributed by atoms with Crippen molar-refractivity contribution in [3.05, 3.63) is 34.9 Å². The molecule has 3 rings (SSSR count). The summed E-state index contributed by atoms with van der Waals surface area (Å²) in [7, 11) is 1.75. The molecule has 1 heterocycles. The molecule has 0 spiro atoms. The van der Waals surface area contributed by atoms with Crippen molar-refractivity contribution >= 4 is 47.4 Å². The standard InChI is InChI=1S/C21H31ClN4O2.HI/c1-3-23-20(24-16-21(8-9-21)10-13-28-2)26-12-11-25(19(27)15-26)14-17-4-6-18(22)7-5-17;/h4-7H,3,8-16H2,1-2H3,(H,23,24);1H. The first-order chi connectivity index (χ1) is 13.5. The Morgan fingerprint density at radius 2 is 2.00 bits per heavy atom. The highest BCUT2D eigenvalue weighted by molar-refractivity contribution is 14.0. The van der Waals surface area contributed by atoms with Crippen LogP contribution in [0.15, 0.2) is 29.3 Å². The molecule has 1 aliphatic carbocycles. The number of carbonyl (C=O) groups is 1. The SMILES string of the molecule is CCNC(=NCC1(CCOC)CC1)N1CCN(Cc2ccc(Cl)cc2)C(=O)C1.I. The molecule has 162 valence electrons. The topological polar surface area (TPSA) is 57.2 Å². The molecule has 6 nitrogen and oxygen atoms in total. The molecule has 8 heteroatoms. The van der Waals surface area contributed by atoms with Crippen LogP contribution < -0.4 is 5.32 Å². The third-order valence-corrected chi connectivity index (χ3v) is 5.85. The van der Waals surface area contributed by atoms with Gasteiger partial charge in [-0.25, -0.2) is 0 Å². The van der Waals surface area contributed by atoms with Gasteiger partial charge in [-0.2, -0.15) is 0 Å². The van der Waals surface area contributed by atoms with Crippen molar-refractivity contribution in [2.24, 2.45) is 10.4 Å². The van der Waals surface area contributed by atoms with Gasteiger partial charge in [0.2, 0.25) is 5.91 Å². The van der Waals surface area contributed by atoms with E-state index in [2.05, 4.69) is 17.1 Å². The minimum absolute atomic E-state index is 0. The lowest BCUT2D eigenvalue weighted by Gasteiger charge is -2.36. The molecule has 2 aliphatic rings. The molecular weight excluding hydrogens is 503 g/mol. The average molecular weight is 535 g/mol. The second-order valence-electron chi connectivity index (χ2n) is 7.78. The van der Waals surface area contributed by atoms with Crippen molar-refractivity contribution in [1.29, 1.82) is 0 Å². The number of carbonyl (C=O) groups excluding carboxylic acids is 1. The van der Waals surface area contributed by atoms with Gasteiger partial charge < -0.3 is 19.9 Å². The maximum atomic E-state index is 12.7. The lowest BCUT2D eigenvalue weighted by Crippen LogP contribution is -2.55. The number of hydrogen-bond acceptors (Lipinski definition) is 3. The molecule has 1 amide bonds. The van der Waals surface area contributed by atoms with E-state index in [0.29, 0.717) is 30.1 Å². The Labute approximate surface area is 196 Å². The Morgan fingerprint density at radius 1 is 1.28 bits per heavy atom. The number of guanidine groups is 1. The van der Waals surface area contributed by atoms with Crippen molar-refractivity contribution < 1.29 is 9.53 Å². The maximum Gasteiger partial charge on any atom is 0.242 e. The van der Waals surface area contributed by atoms with Crippen LogP contribution in [0.4, 0.5) is 0 Å². The fourth-order valence-corrected chi connectivity index (χ4v) is 3.64. The minimum Gasteiger partial charge on any atom is -0.385 e. The van der Waals surface area contributed by atoms with E-state index in [1.807, 2.05) is 29.2 Å². The number of rotatable bonds is 8. The first kappa shape index (κ1) is 24.2. The van der Waals surface area contributed by atoms with E-state index in [1.165, 1.54) is 12.8 Å². The molecule has 1 aromatic carbocycles. The van der Waals surface area contributed by atoms with E-state index in [1.54, 1.807) is 7.11 Å². The molecule has 0 radical (unpaired) electrons. The molecule has 0 aromatic heterocycles. The second-order valence-corrected chi connectivity index (χ2v) is 8.21. The fraction of sp³-hybridized carbons (Fsp3) is 0.619. The van der Waals surface area contributed by atoms with Crippen LogP contribution in [0.25, 0.3) is 0 Å². The van der Waals surface area contributed by atoms with Gasteiger partial charge in [0.15, 0.2) is 5.96 Å². The van der Waals surface area contributed by atoms with Crippen LogP contribution in [-0.4, -0.2) is 68.1 Å². The van der Waals surface area contributed by atoms with E-state index in [4.69, 9.17) is 21.3 Å². The number of piperazine rings is 1. The summed E-state index contributed by atoms with van der Waals surface area (Å²) in [4.78, 5) is 21.6. The lowest BCUT2D eigenvalue weighted by atomic mass is 10.0. The summed E-state index contributed by atoms with van der Waals surface area (Å²) in [6, 6.07) is 7.68. The van der Waals surface area contributed by atoms with Crippen LogP contribution in [0, 0.1) is 5.41 Å². The van der Waals surface area contributed by atoms with Gasteiger partial charge in [-0.3, -0.25) is 9.79 Å². The summed E-state index contributed by atoms with van der Waals surface area (Å²) in [6.45, 7) is 6.92. The number of aliphatic imine (C=N–C) groups is 1. The molecule has 1 aliphatic heterocycles. The predicted octanol–water partition coefficient (Wildman–Crippen LogP) is 3.38. The van der Waals surface area contributed by atoms with Crippen molar-refractivity contribution in [2.75, 3.05) is 46.4 Å². The Bertz CT molecular complexity index is 694. The quantitative estimate of drug-likeness (QED) is 0.316. The summed E-state index contributed by atoms with van der Waals surface area (Å²) in [5.74, 6) is 0.984. The van der Waals surface area contributed by atoms with E-state index in [-0.39, 0.29) is 29.9 Å². The molecule has 0 unspecified atom stereocenters. The number of methoxy groups -OCH3 is 1. The van der Waals surface area contributed by atoms with Gasteiger partial charge >= 0.3 is 0 Å². The van der Waals surface area contributed by atoms with Gasteiger partial charge in [0.05, 0.1) is 6.54 Å². The first-order valence-corrected chi connectivity index (χ1v) is 10.5. The van der Waals surface area contributed by atoms with Crippen LogP contribution in [0.2, 0.25) is 5.02 Å². The van der Waals surface area contributed by atoms with E-state index in [0.717, 1.165) is 44.2 Å². The minimum atomic E-state index is 0. The van der Waals surface area contributed by atoms with Gasteiger partial charge in [-0.05, 0) is 49.3 Å². The summed E-state index contributed by atoms with van der Waals surface area (Å²) in [5.41, 5.74) is 1.40. The van der Waals surface area contributed by atoms with Crippen LogP contribution in [0.5, 0.6) is 0 Å². The smallest absolute Gasteiger partial charge is 0.242 e. The molecule has 1 aromatic rings. The molecule has 1 N–H and O–H groups in total. The van der Waals surface area contributed by atoms with E-state index >= 15 is 0 Å². The molecule has 29 heavy (non-hydrogen) atoms. The zero-order valence-corrected chi connectivity index (χ0v) is 20.4. The monoisotopic (exact) mass is 534 g/mol. The molecule has 2 fully saturated rings. The number of benzene rings is 1. The van der Waals surface area contributed by atoms with Crippen LogP contribution in [0.3, 0.4) is 0 Å².